The van der Waals surface area contributed by atoms with Gasteiger partial charge in [-0.05, 0) is 12.1 Å². The summed E-state index contributed by atoms with van der Waals surface area (Å²) in [5.74, 6) is -0.0466. The largest absolute Gasteiger partial charge is 0.483 e. The lowest BCUT2D eigenvalue weighted by molar-refractivity contribution is -0.386. The minimum Gasteiger partial charge on any atom is -0.483 e. The highest BCUT2D eigenvalue weighted by atomic mass is 32.1. The summed E-state index contributed by atoms with van der Waals surface area (Å²) in [5.41, 5.74) is -0.376. The van der Waals surface area contributed by atoms with E-state index in [4.69, 9.17) is 4.74 Å². The van der Waals surface area contributed by atoms with Crippen LogP contribution in [0.5, 0.6) is 5.75 Å². The lowest BCUT2D eigenvalue weighted by Crippen LogP contribution is -1.98. The number of hydrogen-bond donors (Lipinski definition) is 1. The Hall–Kier alpha value is -1.56. The van der Waals surface area contributed by atoms with Crippen LogP contribution >= 0.6 is 12.6 Å². The third-order valence-corrected chi connectivity index (χ3v) is 1.94. The van der Waals surface area contributed by atoms with E-state index in [1.54, 1.807) is 12.2 Å². The van der Waals surface area contributed by atoms with Crippen molar-refractivity contribution in [3.05, 3.63) is 46.3 Å². The van der Waals surface area contributed by atoms with Crippen LogP contribution in [-0.2, 0) is 0 Å². The number of benzene rings is 1. The Morgan fingerprint density at radius 3 is 2.88 bits per heavy atom. The standard InChI is InChI=1S/C10H10FNO3S/c11-8-3-4-10(9(7-8)12(13)14)15-5-1-2-6-16/h1-4,7,16H,5-6H2. The van der Waals surface area contributed by atoms with Gasteiger partial charge in [-0.3, -0.25) is 10.1 Å². The Kier molecular flexibility index (Phi) is 4.78. The van der Waals surface area contributed by atoms with Crippen LogP contribution in [0.3, 0.4) is 0 Å². The fourth-order valence-corrected chi connectivity index (χ4v) is 1.18. The van der Waals surface area contributed by atoms with E-state index in [-0.39, 0.29) is 18.0 Å². The molecule has 0 fully saturated rings. The predicted octanol–water partition coefficient (Wildman–Crippen LogP) is 2.60. The fraction of sp³-hybridized carbons (Fsp3) is 0.200. The van der Waals surface area contributed by atoms with E-state index in [9.17, 15) is 14.5 Å². The molecule has 0 saturated heterocycles. The summed E-state index contributed by atoms with van der Waals surface area (Å²) >= 11 is 3.95. The van der Waals surface area contributed by atoms with Gasteiger partial charge >= 0.3 is 5.69 Å². The Labute approximate surface area is 97.3 Å². The van der Waals surface area contributed by atoms with Crippen LogP contribution in [0.1, 0.15) is 0 Å². The first-order valence-electron chi connectivity index (χ1n) is 4.47. The fourth-order valence-electron chi connectivity index (χ4n) is 1.04. The Morgan fingerprint density at radius 2 is 2.25 bits per heavy atom. The molecule has 0 heterocycles. The second kappa shape index (κ2) is 6.12. The molecule has 0 N–H and O–H groups in total. The van der Waals surface area contributed by atoms with Crippen LogP contribution in [0.25, 0.3) is 0 Å². The highest BCUT2D eigenvalue weighted by Crippen LogP contribution is 2.27. The molecule has 0 aromatic heterocycles. The molecule has 0 aliphatic rings. The van der Waals surface area contributed by atoms with Crippen molar-refractivity contribution in [2.75, 3.05) is 12.4 Å². The molecule has 0 radical (unpaired) electrons. The SMILES string of the molecule is O=[N+]([O-])c1cc(F)ccc1OCC=CCS. The summed E-state index contributed by atoms with van der Waals surface area (Å²) in [6.45, 7) is 0.188. The van der Waals surface area contributed by atoms with Crippen molar-refractivity contribution < 1.29 is 14.1 Å². The molecule has 0 atom stereocenters. The first kappa shape index (κ1) is 12.5. The van der Waals surface area contributed by atoms with Gasteiger partial charge in [0, 0.05) is 5.75 Å². The van der Waals surface area contributed by atoms with Crippen LogP contribution in [0.4, 0.5) is 10.1 Å². The van der Waals surface area contributed by atoms with Gasteiger partial charge in [0.15, 0.2) is 5.75 Å². The van der Waals surface area contributed by atoms with E-state index in [2.05, 4.69) is 12.6 Å². The summed E-state index contributed by atoms with van der Waals surface area (Å²) < 4.78 is 17.9. The second-order valence-corrected chi connectivity index (χ2v) is 3.20. The third-order valence-electron chi connectivity index (χ3n) is 1.72. The normalized spacial score (nSPS) is 10.6. The summed E-state index contributed by atoms with van der Waals surface area (Å²) in [5, 5.41) is 10.6. The maximum absolute atomic E-state index is 12.8. The zero-order valence-corrected chi connectivity index (χ0v) is 9.19. The van der Waals surface area contributed by atoms with Crippen molar-refractivity contribution in [3.8, 4) is 5.75 Å². The molecular formula is C10H10FNO3S. The van der Waals surface area contributed by atoms with E-state index in [1.165, 1.54) is 6.07 Å². The van der Waals surface area contributed by atoms with Crippen LogP contribution in [-0.4, -0.2) is 17.3 Å². The molecule has 86 valence electrons. The number of nitro benzene ring substituents is 1. The number of nitrogens with zero attached hydrogens (tertiary/aromatic N) is 1. The van der Waals surface area contributed by atoms with Gasteiger partial charge in [-0.25, -0.2) is 4.39 Å². The quantitative estimate of drug-likeness (QED) is 0.374. The molecule has 0 unspecified atom stereocenters. The van der Waals surface area contributed by atoms with Crippen molar-refractivity contribution in [2.24, 2.45) is 0 Å². The van der Waals surface area contributed by atoms with Crippen molar-refractivity contribution >= 4 is 18.3 Å². The van der Waals surface area contributed by atoms with E-state index in [0.29, 0.717) is 5.75 Å². The molecule has 0 bridgehead atoms. The molecule has 0 spiro atoms. The monoisotopic (exact) mass is 243 g/mol. The number of halogens is 1. The minimum absolute atomic E-state index is 0.0511. The molecule has 6 heteroatoms. The molecule has 0 amide bonds. The highest BCUT2D eigenvalue weighted by Gasteiger charge is 2.15. The van der Waals surface area contributed by atoms with Crippen LogP contribution < -0.4 is 4.74 Å². The summed E-state index contributed by atoms with van der Waals surface area (Å²) in [6.07, 6.45) is 3.43. The topological polar surface area (TPSA) is 52.4 Å². The van der Waals surface area contributed by atoms with E-state index >= 15 is 0 Å². The van der Waals surface area contributed by atoms with E-state index < -0.39 is 10.7 Å². The molecular weight excluding hydrogens is 233 g/mol. The van der Waals surface area contributed by atoms with E-state index in [1.807, 2.05) is 0 Å². The second-order valence-electron chi connectivity index (χ2n) is 2.83. The van der Waals surface area contributed by atoms with Gasteiger partial charge < -0.3 is 4.74 Å². The molecule has 1 aromatic carbocycles. The zero-order valence-electron chi connectivity index (χ0n) is 8.30. The number of hydrogen-bond acceptors (Lipinski definition) is 4. The minimum atomic E-state index is -0.680. The Balaban J connectivity index is 2.78. The number of ether oxygens (including phenoxy) is 1. The molecule has 1 aromatic rings. The third kappa shape index (κ3) is 3.54. The van der Waals surface area contributed by atoms with Gasteiger partial charge in [0.25, 0.3) is 0 Å². The van der Waals surface area contributed by atoms with Gasteiger partial charge in [-0.2, -0.15) is 12.6 Å². The summed E-state index contributed by atoms with van der Waals surface area (Å²) in [7, 11) is 0. The van der Waals surface area contributed by atoms with Crippen LogP contribution in [0.2, 0.25) is 0 Å². The number of rotatable bonds is 5. The highest BCUT2D eigenvalue weighted by molar-refractivity contribution is 7.80. The van der Waals surface area contributed by atoms with Gasteiger partial charge in [0.05, 0.1) is 11.0 Å². The van der Waals surface area contributed by atoms with Crippen LogP contribution in [0.15, 0.2) is 30.4 Å². The first-order valence-corrected chi connectivity index (χ1v) is 5.11. The zero-order chi connectivity index (χ0) is 12.0. The Morgan fingerprint density at radius 1 is 1.50 bits per heavy atom. The van der Waals surface area contributed by atoms with Gasteiger partial charge in [-0.15, -0.1) is 0 Å². The maximum Gasteiger partial charge on any atom is 0.313 e. The summed E-state index contributed by atoms with van der Waals surface area (Å²) in [6, 6.07) is 3.18. The number of thiol groups is 1. The lowest BCUT2D eigenvalue weighted by atomic mass is 10.3. The first-order chi connectivity index (χ1) is 7.65. The maximum atomic E-state index is 12.8. The molecule has 0 aliphatic heterocycles. The molecule has 4 nitrogen and oxygen atoms in total. The van der Waals surface area contributed by atoms with Crippen molar-refractivity contribution in [1.29, 1.82) is 0 Å². The van der Waals surface area contributed by atoms with Gasteiger partial charge in [0.2, 0.25) is 0 Å². The molecule has 1 rings (SSSR count). The van der Waals surface area contributed by atoms with Gasteiger partial charge in [0.1, 0.15) is 12.4 Å². The smallest absolute Gasteiger partial charge is 0.313 e. The van der Waals surface area contributed by atoms with E-state index in [0.717, 1.165) is 12.1 Å². The molecule has 0 aliphatic carbocycles. The Bertz CT molecular complexity index is 409. The average molecular weight is 243 g/mol. The van der Waals surface area contributed by atoms with Gasteiger partial charge in [-0.1, -0.05) is 12.2 Å². The van der Waals surface area contributed by atoms with Crippen molar-refractivity contribution in [2.45, 2.75) is 0 Å². The number of nitro groups is 1. The van der Waals surface area contributed by atoms with Crippen LogP contribution in [0, 0.1) is 15.9 Å². The van der Waals surface area contributed by atoms with Crippen molar-refractivity contribution in [1.82, 2.24) is 0 Å². The molecule has 0 saturated carbocycles. The van der Waals surface area contributed by atoms with Crippen molar-refractivity contribution in [3.63, 3.8) is 0 Å². The average Bonchev–Trinajstić information content (AvgIpc) is 2.26. The predicted molar refractivity (Wildman–Crippen MR) is 61.5 cm³/mol. The lowest BCUT2D eigenvalue weighted by Gasteiger charge is -2.03. The summed E-state index contributed by atoms with van der Waals surface area (Å²) in [4.78, 5) is 9.91. The molecule has 16 heavy (non-hydrogen) atoms.